The summed E-state index contributed by atoms with van der Waals surface area (Å²) in [5, 5.41) is 0. The summed E-state index contributed by atoms with van der Waals surface area (Å²) in [4.78, 5) is 11.7. The molecule has 4 heteroatoms. The largest absolute Gasteiger partial charge is 0.496 e. The number of carbonyl (C=O) groups excluding carboxylic acids is 1. The minimum Gasteiger partial charge on any atom is -0.496 e. The molecule has 2 atom stereocenters. The highest BCUT2D eigenvalue weighted by Crippen LogP contribution is 2.42. The van der Waals surface area contributed by atoms with Crippen molar-refractivity contribution in [1.82, 2.24) is 0 Å². The van der Waals surface area contributed by atoms with Crippen molar-refractivity contribution in [2.45, 2.75) is 64.4 Å². The Morgan fingerprint density at radius 2 is 2.00 bits per heavy atom. The second-order valence-corrected chi connectivity index (χ2v) is 6.36. The van der Waals surface area contributed by atoms with Crippen LogP contribution < -0.4 is 4.74 Å². The molecule has 0 bridgehead atoms. The van der Waals surface area contributed by atoms with E-state index < -0.39 is 0 Å². The van der Waals surface area contributed by atoms with E-state index in [9.17, 15) is 9.18 Å². The molecular formula is C19H27FO3. The molecule has 1 saturated carbocycles. The van der Waals surface area contributed by atoms with Crippen molar-refractivity contribution in [3.05, 3.63) is 29.6 Å². The molecule has 0 radical (unpaired) electrons. The summed E-state index contributed by atoms with van der Waals surface area (Å²) in [7, 11) is 1.55. The average Bonchev–Trinajstić information content (AvgIpc) is 2.57. The standard InChI is InChI=1S/C19H27FO3/c1-4-18(21)23-13(2)19(14-8-6-5-7-9-14)16-11-10-15(20)12-17(16)22-3/h10-14,19H,4-9H2,1-3H3. The fourth-order valence-electron chi connectivity index (χ4n) is 3.71. The van der Waals surface area contributed by atoms with E-state index in [0.29, 0.717) is 18.1 Å². The number of methoxy groups -OCH3 is 1. The van der Waals surface area contributed by atoms with Crippen LogP contribution in [-0.4, -0.2) is 19.2 Å². The number of hydrogen-bond donors (Lipinski definition) is 0. The molecule has 23 heavy (non-hydrogen) atoms. The second-order valence-electron chi connectivity index (χ2n) is 6.36. The molecule has 0 N–H and O–H groups in total. The van der Waals surface area contributed by atoms with Crippen LogP contribution in [0.3, 0.4) is 0 Å². The van der Waals surface area contributed by atoms with Gasteiger partial charge in [-0.15, -0.1) is 0 Å². The van der Waals surface area contributed by atoms with Gasteiger partial charge in [-0.1, -0.05) is 32.3 Å². The smallest absolute Gasteiger partial charge is 0.305 e. The summed E-state index contributed by atoms with van der Waals surface area (Å²) in [5.41, 5.74) is 0.942. The van der Waals surface area contributed by atoms with Crippen molar-refractivity contribution >= 4 is 5.97 Å². The van der Waals surface area contributed by atoms with Crippen molar-refractivity contribution in [3.8, 4) is 5.75 Å². The van der Waals surface area contributed by atoms with E-state index in [1.165, 1.54) is 31.4 Å². The van der Waals surface area contributed by atoms with Gasteiger partial charge in [-0.3, -0.25) is 4.79 Å². The van der Waals surface area contributed by atoms with Crippen LogP contribution in [-0.2, 0) is 9.53 Å². The van der Waals surface area contributed by atoms with E-state index in [0.717, 1.165) is 18.4 Å². The Hall–Kier alpha value is -1.58. The molecular weight excluding hydrogens is 295 g/mol. The molecule has 1 aromatic carbocycles. The Morgan fingerprint density at radius 1 is 1.30 bits per heavy atom. The molecule has 1 fully saturated rings. The van der Waals surface area contributed by atoms with E-state index in [2.05, 4.69) is 0 Å². The third-order valence-electron chi connectivity index (χ3n) is 4.82. The van der Waals surface area contributed by atoms with E-state index in [4.69, 9.17) is 9.47 Å². The van der Waals surface area contributed by atoms with Crippen LogP contribution in [0.2, 0.25) is 0 Å². The lowest BCUT2D eigenvalue weighted by Crippen LogP contribution is -2.30. The van der Waals surface area contributed by atoms with Crippen molar-refractivity contribution in [1.29, 1.82) is 0 Å². The summed E-state index contributed by atoms with van der Waals surface area (Å²) < 4.78 is 24.5. The maximum atomic E-state index is 13.5. The Morgan fingerprint density at radius 3 is 2.61 bits per heavy atom. The first kappa shape index (κ1) is 17.8. The van der Waals surface area contributed by atoms with Gasteiger partial charge in [-0.25, -0.2) is 4.39 Å². The zero-order valence-corrected chi connectivity index (χ0v) is 14.3. The van der Waals surface area contributed by atoms with E-state index in [1.807, 2.05) is 6.92 Å². The highest BCUT2D eigenvalue weighted by Gasteiger charge is 2.33. The maximum absolute atomic E-state index is 13.5. The van der Waals surface area contributed by atoms with Crippen molar-refractivity contribution < 1.29 is 18.7 Å². The lowest BCUT2D eigenvalue weighted by Gasteiger charge is -2.35. The van der Waals surface area contributed by atoms with Crippen molar-refractivity contribution in [3.63, 3.8) is 0 Å². The zero-order chi connectivity index (χ0) is 16.8. The van der Waals surface area contributed by atoms with Gasteiger partial charge in [-0.2, -0.15) is 0 Å². The molecule has 3 nitrogen and oxygen atoms in total. The van der Waals surface area contributed by atoms with Gasteiger partial charge in [0, 0.05) is 24.0 Å². The van der Waals surface area contributed by atoms with E-state index in [-0.39, 0.29) is 23.8 Å². The number of halogens is 1. The Balaban J connectivity index is 2.34. The first-order valence-corrected chi connectivity index (χ1v) is 8.59. The van der Waals surface area contributed by atoms with Gasteiger partial charge in [-0.05, 0) is 31.7 Å². The van der Waals surface area contributed by atoms with E-state index >= 15 is 0 Å². The van der Waals surface area contributed by atoms with Gasteiger partial charge >= 0.3 is 5.97 Å². The summed E-state index contributed by atoms with van der Waals surface area (Å²) in [6.07, 6.45) is 5.98. The molecule has 0 heterocycles. The van der Waals surface area contributed by atoms with Crippen LogP contribution in [0.1, 0.15) is 63.9 Å². The highest BCUT2D eigenvalue weighted by atomic mass is 19.1. The third kappa shape index (κ3) is 4.46. The second kappa shape index (κ2) is 8.32. The van der Waals surface area contributed by atoms with Crippen LogP contribution >= 0.6 is 0 Å². The molecule has 128 valence electrons. The molecule has 0 amide bonds. The van der Waals surface area contributed by atoms with Crippen LogP contribution in [0.4, 0.5) is 4.39 Å². The lowest BCUT2D eigenvalue weighted by atomic mass is 9.74. The van der Waals surface area contributed by atoms with Crippen LogP contribution in [0.25, 0.3) is 0 Å². The van der Waals surface area contributed by atoms with Gasteiger partial charge < -0.3 is 9.47 Å². The maximum Gasteiger partial charge on any atom is 0.305 e. The quantitative estimate of drug-likeness (QED) is 0.703. The Kier molecular flexibility index (Phi) is 6.43. The highest BCUT2D eigenvalue weighted by molar-refractivity contribution is 5.69. The third-order valence-corrected chi connectivity index (χ3v) is 4.82. The molecule has 0 aromatic heterocycles. The summed E-state index contributed by atoms with van der Waals surface area (Å²) in [5.74, 6) is 0.509. The van der Waals surface area contributed by atoms with E-state index in [1.54, 1.807) is 20.1 Å². The molecule has 1 aliphatic rings. The van der Waals surface area contributed by atoms with Crippen LogP contribution in [0.15, 0.2) is 18.2 Å². The monoisotopic (exact) mass is 322 g/mol. The number of carbonyl (C=O) groups is 1. The Labute approximate surface area is 138 Å². The molecule has 2 rings (SSSR count). The number of benzene rings is 1. The van der Waals surface area contributed by atoms with Crippen molar-refractivity contribution in [2.75, 3.05) is 7.11 Å². The normalized spacial score (nSPS) is 18.3. The SMILES string of the molecule is CCC(=O)OC(C)C(c1ccc(F)cc1OC)C1CCCCC1. The average molecular weight is 322 g/mol. The minimum atomic E-state index is -0.314. The predicted molar refractivity (Wildman–Crippen MR) is 88.1 cm³/mol. The van der Waals surface area contributed by atoms with Gasteiger partial charge in [0.05, 0.1) is 7.11 Å². The molecule has 0 saturated heterocycles. The van der Waals surface area contributed by atoms with Crippen LogP contribution in [0.5, 0.6) is 5.75 Å². The fourth-order valence-corrected chi connectivity index (χ4v) is 3.71. The molecule has 1 aromatic rings. The first-order valence-electron chi connectivity index (χ1n) is 8.59. The predicted octanol–water partition coefficient (Wildman–Crippen LogP) is 4.84. The summed E-state index contributed by atoms with van der Waals surface area (Å²) >= 11 is 0. The van der Waals surface area contributed by atoms with Gasteiger partial charge in [0.1, 0.15) is 17.7 Å². The molecule has 1 aliphatic carbocycles. The topological polar surface area (TPSA) is 35.5 Å². The van der Waals surface area contributed by atoms with Gasteiger partial charge in [0.25, 0.3) is 0 Å². The number of esters is 1. The molecule has 2 unspecified atom stereocenters. The van der Waals surface area contributed by atoms with Gasteiger partial charge in [0.15, 0.2) is 0 Å². The molecule has 0 spiro atoms. The lowest BCUT2D eigenvalue weighted by molar-refractivity contribution is -0.149. The van der Waals surface area contributed by atoms with Crippen LogP contribution in [0, 0.1) is 11.7 Å². The van der Waals surface area contributed by atoms with Gasteiger partial charge in [0.2, 0.25) is 0 Å². The number of hydrogen-bond acceptors (Lipinski definition) is 3. The first-order chi connectivity index (χ1) is 11.1. The fraction of sp³-hybridized carbons (Fsp3) is 0.632. The summed E-state index contributed by atoms with van der Waals surface area (Å²) in [6.45, 7) is 3.73. The molecule has 0 aliphatic heterocycles. The minimum absolute atomic E-state index is 0.0429. The zero-order valence-electron chi connectivity index (χ0n) is 14.3. The van der Waals surface area contributed by atoms with Crippen molar-refractivity contribution in [2.24, 2.45) is 5.92 Å². The number of ether oxygens (including phenoxy) is 2. The number of rotatable bonds is 6. The summed E-state index contributed by atoms with van der Waals surface area (Å²) in [6, 6.07) is 4.66. The Bertz CT molecular complexity index is 523.